The molecule has 0 fully saturated rings. The van der Waals surface area contributed by atoms with E-state index in [1.54, 1.807) is 11.3 Å². The molecule has 1 aromatic heterocycles. The first kappa shape index (κ1) is 12.0. The van der Waals surface area contributed by atoms with Crippen LogP contribution in [0.15, 0.2) is 35.0 Å². The molecule has 2 aromatic rings. The number of rotatable bonds is 4. The Balaban J connectivity index is 2.02. The van der Waals surface area contributed by atoms with Crippen molar-refractivity contribution < 1.29 is 0 Å². The molecule has 0 spiro atoms. The summed E-state index contributed by atoms with van der Waals surface area (Å²) in [6, 6.07) is 8.57. The molecule has 0 saturated heterocycles. The van der Waals surface area contributed by atoms with E-state index in [1.165, 1.54) is 11.1 Å². The second kappa shape index (κ2) is 5.23. The van der Waals surface area contributed by atoms with Crippen LogP contribution in [0.4, 0.5) is 11.4 Å². The molecule has 3 N–H and O–H groups in total. The Kier molecular flexibility index (Phi) is 3.69. The highest BCUT2D eigenvalue weighted by atomic mass is 32.1. The quantitative estimate of drug-likeness (QED) is 0.808. The molecule has 1 unspecified atom stereocenters. The van der Waals surface area contributed by atoms with Crippen LogP contribution in [0.3, 0.4) is 0 Å². The number of hydrogen-bond acceptors (Lipinski definition) is 3. The molecule has 0 bridgehead atoms. The van der Waals surface area contributed by atoms with Gasteiger partial charge in [0.1, 0.15) is 0 Å². The number of anilines is 2. The highest BCUT2D eigenvalue weighted by molar-refractivity contribution is 7.07. The van der Waals surface area contributed by atoms with Gasteiger partial charge in [0, 0.05) is 17.4 Å². The average Bonchev–Trinajstić information content (AvgIpc) is 2.76. The van der Waals surface area contributed by atoms with Crippen molar-refractivity contribution in [2.75, 3.05) is 11.1 Å². The second-order valence-electron chi connectivity index (χ2n) is 4.46. The van der Waals surface area contributed by atoms with Crippen LogP contribution in [0.2, 0.25) is 0 Å². The molecule has 2 nitrogen and oxygen atoms in total. The fraction of sp³-hybridized carbons (Fsp3) is 0.286. The number of nitrogens with two attached hydrogens (primary N) is 1. The molecule has 17 heavy (non-hydrogen) atoms. The summed E-state index contributed by atoms with van der Waals surface area (Å²) >= 11 is 1.75. The lowest BCUT2D eigenvalue weighted by atomic mass is 10.1. The standard InChI is InChI=1S/C14H18N2S/c1-10-3-4-13(15)8-14(10)16-11(2)7-12-5-6-17-9-12/h3-6,8-9,11,16H,7,15H2,1-2H3. The number of aryl methyl sites for hydroxylation is 1. The molecule has 90 valence electrons. The summed E-state index contributed by atoms with van der Waals surface area (Å²) in [6.45, 7) is 4.29. The van der Waals surface area contributed by atoms with Gasteiger partial charge in [-0.15, -0.1) is 0 Å². The van der Waals surface area contributed by atoms with Crippen molar-refractivity contribution in [2.45, 2.75) is 26.3 Å². The second-order valence-corrected chi connectivity index (χ2v) is 5.24. The zero-order chi connectivity index (χ0) is 12.3. The minimum atomic E-state index is 0.407. The summed E-state index contributed by atoms with van der Waals surface area (Å²) in [5.74, 6) is 0. The van der Waals surface area contributed by atoms with Gasteiger partial charge in [0.25, 0.3) is 0 Å². The molecule has 2 rings (SSSR count). The lowest BCUT2D eigenvalue weighted by molar-refractivity contribution is 0.791. The molecule has 1 heterocycles. The Morgan fingerprint density at radius 3 is 2.88 bits per heavy atom. The highest BCUT2D eigenvalue weighted by Gasteiger charge is 2.06. The third-order valence-electron chi connectivity index (χ3n) is 2.79. The number of nitrogen functional groups attached to an aromatic ring is 1. The Morgan fingerprint density at radius 2 is 2.18 bits per heavy atom. The lowest BCUT2D eigenvalue weighted by Crippen LogP contribution is -2.18. The largest absolute Gasteiger partial charge is 0.399 e. The SMILES string of the molecule is Cc1ccc(N)cc1NC(C)Cc1ccsc1. The smallest absolute Gasteiger partial charge is 0.0392 e. The van der Waals surface area contributed by atoms with Crippen LogP contribution in [-0.4, -0.2) is 6.04 Å². The van der Waals surface area contributed by atoms with Crippen molar-refractivity contribution in [2.24, 2.45) is 0 Å². The first-order chi connectivity index (χ1) is 8.15. The van der Waals surface area contributed by atoms with Gasteiger partial charge < -0.3 is 11.1 Å². The first-order valence-electron chi connectivity index (χ1n) is 5.79. The maximum absolute atomic E-state index is 5.80. The Hall–Kier alpha value is -1.48. The summed E-state index contributed by atoms with van der Waals surface area (Å²) in [6.07, 6.45) is 1.04. The molecule has 0 radical (unpaired) electrons. The molecule has 1 atom stereocenters. The molecule has 1 aromatic carbocycles. The normalized spacial score (nSPS) is 12.4. The maximum Gasteiger partial charge on any atom is 0.0392 e. The third-order valence-corrected chi connectivity index (χ3v) is 3.52. The predicted octanol–water partition coefficient (Wildman–Crippen LogP) is 3.68. The zero-order valence-corrected chi connectivity index (χ0v) is 11.1. The van der Waals surface area contributed by atoms with Crippen LogP contribution >= 0.6 is 11.3 Å². The predicted molar refractivity (Wildman–Crippen MR) is 76.7 cm³/mol. The van der Waals surface area contributed by atoms with Gasteiger partial charge in [0.05, 0.1) is 0 Å². The average molecular weight is 246 g/mol. The minimum Gasteiger partial charge on any atom is -0.399 e. The lowest BCUT2D eigenvalue weighted by Gasteiger charge is -2.17. The number of thiophene rings is 1. The van der Waals surface area contributed by atoms with Crippen LogP contribution < -0.4 is 11.1 Å². The van der Waals surface area contributed by atoms with Gasteiger partial charge >= 0.3 is 0 Å². The van der Waals surface area contributed by atoms with Crippen LogP contribution in [0.1, 0.15) is 18.1 Å². The Labute approximate surface area is 106 Å². The molecule has 3 heteroatoms. The van der Waals surface area contributed by atoms with E-state index in [4.69, 9.17) is 5.73 Å². The van der Waals surface area contributed by atoms with E-state index in [-0.39, 0.29) is 0 Å². The summed E-state index contributed by atoms with van der Waals surface area (Å²) in [5, 5.41) is 7.83. The minimum absolute atomic E-state index is 0.407. The summed E-state index contributed by atoms with van der Waals surface area (Å²) in [4.78, 5) is 0. The van der Waals surface area contributed by atoms with Crippen molar-refractivity contribution >= 4 is 22.7 Å². The van der Waals surface area contributed by atoms with Crippen molar-refractivity contribution in [3.05, 3.63) is 46.2 Å². The van der Waals surface area contributed by atoms with Crippen LogP contribution in [-0.2, 0) is 6.42 Å². The van der Waals surface area contributed by atoms with Gasteiger partial charge in [-0.3, -0.25) is 0 Å². The molecule has 0 amide bonds. The van der Waals surface area contributed by atoms with E-state index >= 15 is 0 Å². The van der Waals surface area contributed by atoms with E-state index in [0.29, 0.717) is 6.04 Å². The third kappa shape index (κ3) is 3.24. The summed E-state index contributed by atoms with van der Waals surface area (Å²) in [5.41, 5.74) is 10.4. The van der Waals surface area contributed by atoms with Gasteiger partial charge in [-0.1, -0.05) is 6.07 Å². The first-order valence-corrected chi connectivity index (χ1v) is 6.73. The van der Waals surface area contributed by atoms with Crippen molar-refractivity contribution in [1.29, 1.82) is 0 Å². The van der Waals surface area contributed by atoms with Crippen LogP contribution in [0.5, 0.6) is 0 Å². The summed E-state index contributed by atoms with van der Waals surface area (Å²) in [7, 11) is 0. The van der Waals surface area contributed by atoms with E-state index in [9.17, 15) is 0 Å². The monoisotopic (exact) mass is 246 g/mol. The Bertz CT molecular complexity index is 477. The van der Waals surface area contributed by atoms with Gasteiger partial charge in [-0.05, 0) is 60.4 Å². The number of benzene rings is 1. The molecule has 0 aliphatic heterocycles. The van der Waals surface area contributed by atoms with Gasteiger partial charge in [0.2, 0.25) is 0 Å². The van der Waals surface area contributed by atoms with Gasteiger partial charge in [-0.25, -0.2) is 0 Å². The van der Waals surface area contributed by atoms with Crippen molar-refractivity contribution in [3.63, 3.8) is 0 Å². The van der Waals surface area contributed by atoms with E-state index in [1.807, 2.05) is 12.1 Å². The fourth-order valence-corrected chi connectivity index (χ4v) is 2.56. The number of nitrogens with one attached hydrogen (secondary N) is 1. The molecule has 0 saturated carbocycles. The Morgan fingerprint density at radius 1 is 1.35 bits per heavy atom. The molecular weight excluding hydrogens is 228 g/mol. The van der Waals surface area contributed by atoms with E-state index < -0.39 is 0 Å². The summed E-state index contributed by atoms with van der Waals surface area (Å²) < 4.78 is 0. The topological polar surface area (TPSA) is 38.0 Å². The fourth-order valence-electron chi connectivity index (χ4n) is 1.87. The molecule has 0 aliphatic rings. The van der Waals surface area contributed by atoms with Gasteiger partial charge in [-0.2, -0.15) is 11.3 Å². The number of hydrogen-bond donors (Lipinski definition) is 2. The van der Waals surface area contributed by atoms with Crippen molar-refractivity contribution in [3.8, 4) is 0 Å². The van der Waals surface area contributed by atoms with Gasteiger partial charge in [0.15, 0.2) is 0 Å². The molecular formula is C14H18N2S. The van der Waals surface area contributed by atoms with Crippen LogP contribution in [0.25, 0.3) is 0 Å². The molecule has 0 aliphatic carbocycles. The van der Waals surface area contributed by atoms with Crippen molar-refractivity contribution in [1.82, 2.24) is 0 Å². The zero-order valence-electron chi connectivity index (χ0n) is 10.2. The van der Waals surface area contributed by atoms with E-state index in [2.05, 4.69) is 42.1 Å². The van der Waals surface area contributed by atoms with E-state index in [0.717, 1.165) is 17.8 Å². The highest BCUT2D eigenvalue weighted by Crippen LogP contribution is 2.20. The maximum atomic E-state index is 5.80. The van der Waals surface area contributed by atoms with Crippen LogP contribution in [0, 0.1) is 6.92 Å².